The molecule has 0 unspecified atom stereocenters. The minimum Gasteiger partial charge on any atom is -0.492 e. The molecule has 0 atom stereocenters. The van der Waals surface area contributed by atoms with Gasteiger partial charge in [-0.25, -0.2) is 0 Å². The molecule has 96 valence electrons. The highest BCUT2D eigenvalue weighted by Gasteiger charge is 1.98. The highest BCUT2D eigenvalue weighted by molar-refractivity contribution is 9.10. The molecule has 0 amide bonds. The van der Waals surface area contributed by atoms with Crippen molar-refractivity contribution in [2.75, 3.05) is 19.7 Å². The molecule has 0 aliphatic heterocycles. The van der Waals surface area contributed by atoms with Gasteiger partial charge in [0.05, 0.1) is 11.1 Å². The lowest BCUT2D eigenvalue weighted by atomic mass is 10.3. The SMILES string of the molecule is CCCCNCCCCOc1ccccc1Br. The zero-order chi connectivity index (χ0) is 12.3. The fraction of sp³-hybridized carbons (Fsp3) is 0.571. The number of nitrogens with one attached hydrogen (secondary N) is 1. The Balaban J connectivity index is 1.99. The van der Waals surface area contributed by atoms with Crippen LogP contribution in [0.4, 0.5) is 0 Å². The first-order valence-corrected chi connectivity index (χ1v) is 7.22. The van der Waals surface area contributed by atoms with Crippen LogP contribution in [0.5, 0.6) is 5.75 Å². The van der Waals surface area contributed by atoms with Gasteiger partial charge in [-0.3, -0.25) is 0 Å². The van der Waals surface area contributed by atoms with Crippen LogP contribution in [0, 0.1) is 0 Å². The van der Waals surface area contributed by atoms with Gasteiger partial charge in [0.1, 0.15) is 5.75 Å². The third-order valence-corrected chi connectivity index (χ3v) is 3.20. The van der Waals surface area contributed by atoms with E-state index in [4.69, 9.17) is 4.74 Å². The molecule has 1 aromatic carbocycles. The quantitative estimate of drug-likeness (QED) is 0.696. The van der Waals surface area contributed by atoms with Gasteiger partial charge in [-0.1, -0.05) is 25.5 Å². The highest BCUT2D eigenvalue weighted by atomic mass is 79.9. The molecule has 0 saturated carbocycles. The first kappa shape index (κ1) is 14.5. The van der Waals surface area contributed by atoms with Gasteiger partial charge in [0.25, 0.3) is 0 Å². The Morgan fingerprint density at radius 3 is 2.65 bits per heavy atom. The second kappa shape index (κ2) is 9.49. The molecule has 0 radical (unpaired) electrons. The van der Waals surface area contributed by atoms with E-state index in [2.05, 4.69) is 28.2 Å². The van der Waals surface area contributed by atoms with Crippen LogP contribution in [0.15, 0.2) is 28.7 Å². The molecule has 0 spiro atoms. The fourth-order valence-corrected chi connectivity index (χ4v) is 1.92. The highest BCUT2D eigenvalue weighted by Crippen LogP contribution is 2.23. The van der Waals surface area contributed by atoms with E-state index in [1.54, 1.807) is 0 Å². The Hall–Kier alpha value is -0.540. The smallest absolute Gasteiger partial charge is 0.133 e. The lowest BCUT2D eigenvalue weighted by molar-refractivity contribution is 0.304. The van der Waals surface area contributed by atoms with Gasteiger partial charge < -0.3 is 10.1 Å². The number of para-hydroxylation sites is 1. The van der Waals surface area contributed by atoms with E-state index in [0.717, 1.165) is 36.3 Å². The van der Waals surface area contributed by atoms with Crippen LogP contribution >= 0.6 is 15.9 Å². The summed E-state index contributed by atoms with van der Waals surface area (Å²) < 4.78 is 6.72. The first-order valence-electron chi connectivity index (χ1n) is 6.42. The summed E-state index contributed by atoms with van der Waals surface area (Å²) in [7, 11) is 0. The van der Waals surface area contributed by atoms with Crippen LogP contribution < -0.4 is 10.1 Å². The zero-order valence-corrected chi connectivity index (χ0v) is 12.1. The molecular weight excluding hydrogens is 278 g/mol. The Bertz CT molecular complexity index is 304. The minimum absolute atomic E-state index is 0.790. The maximum atomic E-state index is 5.69. The average Bonchev–Trinajstić information content (AvgIpc) is 2.35. The minimum atomic E-state index is 0.790. The molecule has 1 rings (SSSR count). The Morgan fingerprint density at radius 2 is 1.88 bits per heavy atom. The van der Waals surface area contributed by atoms with E-state index < -0.39 is 0 Å². The van der Waals surface area contributed by atoms with Gasteiger partial charge in [0, 0.05) is 0 Å². The fourth-order valence-electron chi connectivity index (χ4n) is 1.52. The van der Waals surface area contributed by atoms with E-state index in [0.29, 0.717) is 0 Å². The molecule has 1 aromatic rings. The Morgan fingerprint density at radius 1 is 1.12 bits per heavy atom. The molecule has 0 fully saturated rings. The van der Waals surface area contributed by atoms with Crippen LogP contribution in [-0.4, -0.2) is 19.7 Å². The molecule has 17 heavy (non-hydrogen) atoms. The predicted molar refractivity (Wildman–Crippen MR) is 76.6 cm³/mol. The standard InChI is InChI=1S/C14H22BrNO/c1-2-3-10-16-11-6-7-12-17-14-9-5-4-8-13(14)15/h4-5,8-9,16H,2-3,6-7,10-12H2,1H3. The van der Waals surface area contributed by atoms with Crippen molar-refractivity contribution in [2.24, 2.45) is 0 Å². The van der Waals surface area contributed by atoms with Gasteiger partial charge in [-0.15, -0.1) is 0 Å². The molecule has 0 bridgehead atoms. The van der Waals surface area contributed by atoms with Gasteiger partial charge >= 0.3 is 0 Å². The monoisotopic (exact) mass is 299 g/mol. The number of rotatable bonds is 9. The van der Waals surface area contributed by atoms with Crippen molar-refractivity contribution in [3.63, 3.8) is 0 Å². The second-order valence-electron chi connectivity index (χ2n) is 4.09. The molecule has 3 heteroatoms. The third-order valence-electron chi connectivity index (χ3n) is 2.55. The molecular formula is C14H22BrNO. The van der Waals surface area contributed by atoms with Gasteiger partial charge in [0.15, 0.2) is 0 Å². The number of hydrogen-bond donors (Lipinski definition) is 1. The summed E-state index contributed by atoms with van der Waals surface area (Å²) in [5, 5.41) is 3.43. The molecule has 0 aromatic heterocycles. The lowest BCUT2D eigenvalue weighted by Gasteiger charge is -2.08. The molecule has 0 aliphatic carbocycles. The molecule has 0 saturated heterocycles. The number of benzene rings is 1. The van der Waals surface area contributed by atoms with Gasteiger partial charge in [0.2, 0.25) is 0 Å². The summed E-state index contributed by atoms with van der Waals surface area (Å²) in [6.07, 6.45) is 4.81. The number of halogens is 1. The van der Waals surface area contributed by atoms with Crippen molar-refractivity contribution >= 4 is 15.9 Å². The molecule has 2 nitrogen and oxygen atoms in total. The van der Waals surface area contributed by atoms with E-state index in [1.807, 2.05) is 24.3 Å². The summed E-state index contributed by atoms with van der Waals surface area (Å²) >= 11 is 3.47. The van der Waals surface area contributed by atoms with Crippen LogP contribution in [0.3, 0.4) is 0 Å². The molecule has 1 N–H and O–H groups in total. The van der Waals surface area contributed by atoms with Crippen LogP contribution in [-0.2, 0) is 0 Å². The van der Waals surface area contributed by atoms with E-state index in [9.17, 15) is 0 Å². The zero-order valence-electron chi connectivity index (χ0n) is 10.5. The number of ether oxygens (including phenoxy) is 1. The number of unbranched alkanes of at least 4 members (excludes halogenated alkanes) is 2. The second-order valence-corrected chi connectivity index (χ2v) is 4.94. The largest absolute Gasteiger partial charge is 0.492 e. The van der Waals surface area contributed by atoms with Crippen molar-refractivity contribution in [3.05, 3.63) is 28.7 Å². The summed E-state index contributed by atoms with van der Waals surface area (Å²) in [4.78, 5) is 0. The Labute approximate surface area is 113 Å². The van der Waals surface area contributed by atoms with Crippen molar-refractivity contribution in [1.29, 1.82) is 0 Å². The first-order chi connectivity index (χ1) is 8.34. The lowest BCUT2D eigenvalue weighted by Crippen LogP contribution is -2.17. The maximum absolute atomic E-state index is 5.69. The summed E-state index contributed by atoms with van der Waals surface area (Å²) in [6.45, 7) is 5.24. The normalized spacial score (nSPS) is 10.5. The predicted octanol–water partition coefficient (Wildman–Crippen LogP) is 4.00. The topological polar surface area (TPSA) is 21.3 Å². The molecule has 0 aliphatic rings. The molecule has 0 heterocycles. The summed E-state index contributed by atoms with van der Waals surface area (Å²) in [5.74, 6) is 0.937. The maximum Gasteiger partial charge on any atom is 0.133 e. The number of hydrogen-bond acceptors (Lipinski definition) is 2. The van der Waals surface area contributed by atoms with E-state index in [-0.39, 0.29) is 0 Å². The van der Waals surface area contributed by atoms with E-state index in [1.165, 1.54) is 19.3 Å². The average molecular weight is 300 g/mol. The summed E-state index contributed by atoms with van der Waals surface area (Å²) in [6, 6.07) is 7.98. The van der Waals surface area contributed by atoms with E-state index >= 15 is 0 Å². The van der Waals surface area contributed by atoms with Crippen molar-refractivity contribution in [2.45, 2.75) is 32.6 Å². The van der Waals surface area contributed by atoms with Gasteiger partial charge in [-0.05, 0) is 60.4 Å². The van der Waals surface area contributed by atoms with Crippen LogP contribution in [0.25, 0.3) is 0 Å². The third kappa shape index (κ3) is 6.69. The van der Waals surface area contributed by atoms with Crippen molar-refractivity contribution in [3.8, 4) is 5.75 Å². The Kier molecular flexibility index (Phi) is 8.10. The van der Waals surface area contributed by atoms with Crippen LogP contribution in [0.1, 0.15) is 32.6 Å². The van der Waals surface area contributed by atoms with Crippen LogP contribution in [0.2, 0.25) is 0 Å². The van der Waals surface area contributed by atoms with Crippen molar-refractivity contribution < 1.29 is 4.74 Å². The van der Waals surface area contributed by atoms with Crippen molar-refractivity contribution in [1.82, 2.24) is 5.32 Å². The van der Waals surface area contributed by atoms with Gasteiger partial charge in [-0.2, -0.15) is 0 Å². The summed E-state index contributed by atoms with van der Waals surface area (Å²) in [5.41, 5.74) is 0.